The second-order valence-electron chi connectivity index (χ2n) is 6.17. The molecule has 24 heavy (non-hydrogen) atoms. The molecule has 126 valence electrons. The normalized spacial score (nSPS) is 21.2. The first-order valence-corrected chi connectivity index (χ1v) is 7.75. The van der Waals surface area contributed by atoms with Crippen molar-refractivity contribution in [3.63, 3.8) is 0 Å². The molecule has 6 heteroatoms. The first-order chi connectivity index (χ1) is 11.4. The number of hydrogen-bond acceptors (Lipinski definition) is 2. The summed E-state index contributed by atoms with van der Waals surface area (Å²) in [4.78, 5) is 15.7. The van der Waals surface area contributed by atoms with Gasteiger partial charge in [0.1, 0.15) is 5.69 Å². The van der Waals surface area contributed by atoms with Crippen molar-refractivity contribution in [1.29, 1.82) is 0 Å². The second-order valence-corrected chi connectivity index (χ2v) is 6.17. The van der Waals surface area contributed by atoms with Crippen molar-refractivity contribution in [2.24, 2.45) is 11.8 Å². The summed E-state index contributed by atoms with van der Waals surface area (Å²) in [5, 5.41) is 2.94. The molecule has 0 bridgehead atoms. The zero-order chi connectivity index (χ0) is 17.3. The number of benzene rings is 1. The molecular weight excluding hydrogens is 317 g/mol. The first kappa shape index (κ1) is 16.5. The Morgan fingerprint density at radius 3 is 2.38 bits per heavy atom. The predicted molar refractivity (Wildman–Crippen MR) is 83.2 cm³/mol. The minimum absolute atomic E-state index is 0.122. The van der Waals surface area contributed by atoms with Crippen molar-refractivity contribution in [2.45, 2.75) is 25.6 Å². The number of alkyl halides is 3. The molecule has 1 heterocycles. The lowest BCUT2D eigenvalue weighted by Gasteiger charge is -2.19. The maximum atomic E-state index is 12.5. The highest BCUT2D eigenvalue weighted by molar-refractivity contribution is 5.94. The Labute approximate surface area is 137 Å². The Balaban J connectivity index is 1.76. The van der Waals surface area contributed by atoms with E-state index in [-0.39, 0.29) is 11.6 Å². The van der Waals surface area contributed by atoms with Crippen LogP contribution in [0.15, 0.2) is 48.7 Å². The Morgan fingerprint density at radius 2 is 1.88 bits per heavy atom. The first-order valence-electron chi connectivity index (χ1n) is 7.75. The van der Waals surface area contributed by atoms with E-state index in [9.17, 15) is 18.0 Å². The maximum Gasteiger partial charge on any atom is 0.433 e. The molecule has 1 aliphatic rings. The third-order valence-corrected chi connectivity index (χ3v) is 4.36. The molecule has 3 nitrogen and oxygen atoms in total. The van der Waals surface area contributed by atoms with Crippen molar-refractivity contribution in [3.05, 3.63) is 65.5 Å². The highest BCUT2D eigenvalue weighted by atomic mass is 19.4. The maximum absolute atomic E-state index is 12.5. The topological polar surface area (TPSA) is 42.0 Å². The van der Waals surface area contributed by atoms with Crippen molar-refractivity contribution in [1.82, 2.24) is 10.3 Å². The molecule has 0 spiro atoms. The molecule has 3 unspecified atom stereocenters. The van der Waals surface area contributed by atoms with E-state index in [0.29, 0.717) is 11.8 Å². The van der Waals surface area contributed by atoms with Gasteiger partial charge < -0.3 is 5.32 Å². The monoisotopic (exact) mass is 334 g/mol. The van der Waals surface area contributed by atoms with E-state index in [4.69, 9.17) is 0 Å². The van der Waals surface area contributed by atoms with Gasteiger partial charge in [0.25, 0.3) is 5.91 Å². The predicted octanol–water partition coefficient (Wildman–Crippen LogP) is 4.23. The van der Waals surface area contributed by atoms with Crippen LogP contribution in [0.2, 0.25) is 0 Å². The van der Waals surface area contributed by atoms with Crippen LogP contribution in [0.1, 0.15) is 41.0 Å². The van der Waals surface area contributed by atoms with Gasteiger partial charge in [0, 0.05) is 6.20 Å². The van der Waals surface area contributed by atoms with E-state index in [1.807, 2.05) is 30.3 Å². The lowest BCUT2D eigenvalue weighted by molar-refractivity contribution is -0.141. The van der Waals surface area contributed by atoms with Gasteiger partial charge in [0.15, 0.2) is 0 Å². The van der Waals surface area contributed by atoms with Crippen molar-refractivity contribution < 1.29 is 18.0 Å². The van der Waals surface area contributed by atoms with E-state index in [1.165, 1.54) is 0 Å². The number of carbonyl (C=O) groups is 1. The SMILES string of the molecule is CC1CC1C(NC(=O)c1ccc(C(F)(F)F)nc1)c1ccccc1. The van der Waals surface area contributed by atoms with Gasteiger partial charge >= 0.3 is 6.18 Å². The van der Waals surface area contributed by atoms with E-state index in [0.717, 1.165) is 30.3 Å². The number of carbonyl (C=O) groups excluding carboxylic acids is 1. The van der Waals surface area contributed by atoms with E-state index in [1.54, 1.807) is 0 Å². The largest absolute Gasteiger partial charge is 0.433 e. The fourth-order valence-electron chi connectivity index (χ4n) is 2.83. The Kier molecular flexibility index (Phi) is 4.30. The molecule has 1 aromatic heterocycles. The van der Waals surface area contributed by atoms with Crippen LogP contribution in [0.5, 0.6) is 0 Å². The Hall–Kier alpha value is -2.37. The summed E-state index contributed by atoms with van der Waals surface area (Å²) in [7, 11) is 0. The fourth-order valence-corrected chi connectivity index (χ4v) is 2.83. The number of hydrogen-bond donors (Lipinski definition) is 1. The molecule has 1 N–H and O–H groups in total. The summed E-state index contributed by atoms with van der Waals surface area (Å²) in [5.74, 6) is 0.448. The molecule has 2 aromatic rings. The average Bonchev–Trinajstić information content (AvgIpc) is 3.29. The minimum atomic E-state index is -4.51. The molecule has 3 rings (SSSR count). The van der Waals surface area contributed by atoms with Crippen LogP contribution in [0.4, 0.5) is 13.2 Å². The van der Waals surface area contributed by atoms with E-state index < -0.39 is 17.8 Å². The third-order valence-electron chi connectivity index (χ3n) is 4.36. The molecule has 1 amide bonds. The zero-order valence-corrected chi connectivity index (χ0v) is 13.0. The summed E-state index contributed by atoms with van der Waals surface area (Å²) in [6.07, 6.45) is -2.52. The van der Waals surface area contributed by atoms with Crippen LogP contribution in [0, 0.1) is 11.8 Å². The summed E-state index contributed by atoms with van der Waals surface area (Å²) in [6, 6.07) is 11.4. The Bertz CT molecular complexity index is 713. The summed E-state index contributed by atoms with van der Waals surface area (Å²) in [5.41, 5.74) is 0.117. The van der Waals surface area contributed by atoms with Crippen molar-refractivity contribution >= 4 is 5.91 Å². The van der Waals surface area contributed by atoms with Gasteiger partial charge in [-0.25, -0.2) is 0 Å². The molecule has 0 aliphatic heterocycles. The van der Waals surface area contributed by atoms with Crippen LogP contribution in [0.25, 0.3) is 0 Å². The summed E-state index contributed by atoms with van der Waals surface area (Å²) in [6.45, 7) is 2.12. The van der Waals surface area contributed by atoms with Crippen molar-refractivity contribution in [3.8, 4) is 0 Å². The van der Waals surface area contributed by atoms with Crippen LogP contribution in [-0.2, 0) is 6.18 Å². The highest BCUT2D eigenvalue weighted by Crippen LogP contribution is 2.47. The van der Waals surface area contributed by atoms with Crippen LogP contribution >= 0.6 is 0 Å². The van der Waals surface area contributed by atoms with E-state index in [2.05, 4.69) is 17.2 Å². The summed E-state index contributed by atoms with van der Waals surface area (Å²) >= 11 is 0. The molecule has 1 saturated carbocycles. The van der Waals surface area contributed by atoms with Gasteiger partial charge in [-0.3, -0.25) is 9.78 Å². The number of aromatic nitrogens is 1. The fraction of sp³-hybridized carbons (Fsp3) is 0.333. The lowest BCUT2D eigenvalue weighted by atomic mass is 10.0. The summed E-state index contributed by atoms with van der Waals surface area (Å²) < 4.78 is 37.6. The number of amides is 1. The lowest BCUT2D eigenvalue weighted by Crippen LogP contribution is -2.30. The molecule has 1 fully saturated rings. The smallest absolute Gasteiger partial charge is 0.345 e. The van der Waals surface area contributed by atoms with Gasteiger partial charge in [0.05, 0.1) is 11.6 Å². The Morgan fingerprint density at radius 1 is 1.21 bits per heavy atom. The molecule has 0 radical (unpaired) electrons. The van der Waals surface area contributed by atoms with Gasteiger partial charge in [-0.15, -0.1) is 0 Å². The highest BCUT2D eigenvalue weighted by Gasteiger charge is 2.41. The minimum Gasteiger partial charge on any atom is -0.345 e. The van der Waals surface area contributed by atoms with Gasteiger partial charge in [-0.1, -0.05) is 37.3 Å². The van der Waals surface area contributed by atoms with Gasteiger partial charge in [-0.05, 0) is 36.0 Å². The number of pyridine rings is 1. The van der Waals surface area contributed by atoms with Crippen molar-refractivity contribution in [2.75, 3.05) is 0 Å². The number of rotatable bonds is 4. The van der Waals surface area contributed by atoms with E-state index >= 15 is 0 Å². The quantitative estimate of drug-likeness (QED) is 0.909. The standard InChI is InChI=1S/C18H17F3N2O/c1-11-9-14(11)16(12-5-3-2-4-6-12)23-17(24)13-7-8-15(22-10-13)18(19,20)21/h2-8,10-11,14,16H,9H2,1H3,(H,23,24). The average molecular weight is 334 g/mol. The molecule has 1 aliphatic carbocycles. The zero-order valence-electron chi connectivity index (χ0n) is 13.0. The molecule has 0 saturated heterocycles. The van der Waals surface area contributed by atoms with Crippen LogP contribution < -0.4 is 5.32 Å². The number of nitrogens with one attached hydrogen (secondary N) is 1. The third kappa shape index (κ3) is 3.58. The molecular formula is C18H17F3N2O. The number of nitrogens with zero attached hydrogens (tertiary/aromatic N) is 1. The molecule has 1 aromatic carbocycles. The number of halogens is 3. The molecule has 3 atom stereocenters. The van der Waals surface area contributed by atoms with Crippen LogP contribution in [0.3, 0.4) is 0 Å². The van der Waals surface area contributed by atoms with Crippen LogP contribution in [-0.4, -0.2) is 10.9 Å². The van der Waals surface area contributed by atoms with Gasteiger partial charge in [0.2, 0.25) is 0 Å². The second kappa shape index (κ2) is 6.26. The van der Waals surface area contributed by atoms with Gasteiger partial charge in [-0.2, -0.15) is 13.2 Å².